The van der Waals surface area contributed by atoms with Crippen molar-refractivity contribution in [1.82, 2.24) is 0 Å². The highest BCUT2D eigenvalue weighted by Crippen LogP contribution is 2.23. The van der Waals surface area contributed by atoms with E-state index in [-0.39, 0.29) is 6.04 Å². The van der Waals surface area contributed by atoms with Gasteiger partial charge < -0.3 is 10.5 Å². The van der Waals surface area contributed by atoms with Crippen molar-refractivity contribution in [2.24, 2.45) is 5.73 Å². The molecule has 0 aliphatic rings. The first-order chi connectivity index (χ1) is 7.16. The number of rotatable bonds is 5. The second-order valence-corrected chi connectivity index (χ2v) is 4.04. The van der Waals surface area contributed by atoms with E-state index in [0.29, 0.717) is 6.61 Å². The van der Waals surface area contributed by atoms with Crippen molar-refractivity contribution < 1.29 is 4.74 Å². The molecule has 0 spiro atoms. The predicted molar refractivity (Wildman–Crippen MR) is 64.2 cm³/mol. The lowest BCUT2D eigenvalue weighted by Crippen LogP contribution is -2.18. The molecule has 1 aromatic rings. The van der Waals surface area contributed by atoms with Crippen molar-refractivity contribution in [3.63, 3.8) is 0 Å². The van der Waals surface area contributed by atoms with Crippen LogP contribution in [0.4, 0.5) is 0 Å². The fourth-order valence-electron chi connectivity index (χ4n) is 1.47. The summed E-state index contributed by atoms with van der Waals surface area (Å²) in [6.07, 6.45) is 1.02. The molecule has 84 valence electrons. The number of halogens is 1. The highest BCUT2D eigenvalue weighted by Gasteiger charge is 2.10. The van der Waals surface area contributed by atoms with Crippen LogP contribution in [0, 0.1) is 6.92 Å². The molecule has 2 nitrogen and oxygen atoms in total. The summed E-state index contributed by atoms with van der Waals surface area (Å²) in [4.78, 5) is 0. The maximum Gasteiger partial charge on any atom is 0.0659 e. The number of benzene rings is 1. The first kappa shape index (κ1) is 12.5. The van der Waals surface area contributed by atoms with E-state index in [9.17, 15) is 0 Å². The maximum atomic E-state index is 6.02. The van der Waals surface area contributed by atoms with Crippen molar-refractivity contribution in [1.29, 1.82) is 0 Å². The fraction of sp³-hybridized carbons (Fsp3) is 0.500. The summed E-state index contributed by atoms with van der Waals surface area (Å²) < 4.78 is 5.43. The van der Waals surface area contributed by atoms with E-state index in [1.165, 1.54) is 0 Å². The van der Waals surface area contributed by atoms with Crippen molar-refractivity contribution >= 4 is 11.6 Å². The topological polar surface area (TPSA) is 35.2 Å². The van der Waals surface area contributed by atoms with Crippen LogP contribution < -0.4 is 5.73 Å². The van der Waals surface area contributed by atoms with Gasteiger partial charge in [-0.1, -0.05) is 30.7 Å². The number of hydrogen-bond acceptors (Lipinski definition) is 2. The largest absolute Gasteiger partial charge is 0.379 e. The van der Waals surface area contributed by atoms with Crippen LogP contribution in [-0.4, -0.2) is 13.2 Å². The highest BCUT2D eigenvalue weighted by molar-refractivity contribution is 6.31. The van der Waals surface area contributed by atoms with E-state index in [4.69, 9.17) is 22.1 Å². The van der Waals surface area contributed by atoms with E-state index >= 15 is 0 Å². The monoisotopic (exact) mass is 227 g/mol. The molecule has 1 rings (SSSR count). The Bertz CT molecular complexity index is 314. The average molecular weight is 228 g/mol. The summed E-state index contributed by atoms with van der Waals surface area (Å²) in [6.45, 7) is 5.37. The minimum atomic E-state index is -0.0877. The number of nitrogens with two attached hydrogens (primary N) is 1. The molecule has 2 N–H and O–H groups in total. The SMILES string of the molecule is CCCOCC(N)c1cccc(Cl)c1C. The zero-order chi connectivity index (χ0) is 11.3. The minimum Gasteiger partial charge on any atom is -0.379 e. The molecule has 1 unspecified atom stereocenters. The van der Waals surface area contributed by atoms with Crippen LogP contribution in [0.15, 0.2) is 18.2 Å². The van der Waals surface area contributed by atoms with Gasteiger partial charge in [0.15, 0.2) is 0 Å². The normalized spacial score (nSPS) is 12.8. The summed E-state index contributed by atoms with van der Waals surface area (Å²) in [7, 11) is 0. The van der Waals surface area contributed by atoms with Crippen LogP contribution in [0.3, 0.4) is 0 Å². The Morgan fingerprint density at radius 3 is 2.87 bits per heavy atom. The van der Waals surface area contributed by atoms with Gasteiger partial charge in [0.1, 0.15) is 0 Å². The van der Waals surface area contributed by atoms with Gasteiger partial charge in [0.05, 0.1) is 12.6 Å². The van der Waals surface area contributed by atoms with E-state index in [2.05, 4.69) is 6.92 Å². The third-order valence-corrected chi connectivity index (χ3v) is 2.76. The molecule has 0 heterocycles. The lowest BCUT2D eigenvalue weighted by Gasteiger charge is -2.15. The zero-order valence-corrected chi connectivity index (χ0v) is 10.1. The van der Waals surface area contributed by atoms with Crippen molar-refractivity contribution in [2.75, 3.05) is 13.2 Å². The third-order valence-electron chi connectivity index (χ3n) is 2.35. The van der Waals surface area contributed by atoms with Crippen LogP contribution >= 0.6 is 11.6 Å². The Morgan fingerprint density at radius 1 is 1.47 bits per heavy atom. The Labute approximate surface area is 96.4 Å². The van der Waals surface area contributed by atoms with Gasteiger partial charge in [0, 0.05) is 11.6 Å². The summed E-state index contributed by atoms with van der Waals surface area (Å²) in [5.41, 5.74) is 8.14. The van der Waals surface area contributed by atoms with Gasteiger partial charge >= 0.3 is 0 Å². The summed E-state index contributed by atoms with van der Waals surface area (Å²) >= 11 is 6.02. The average Bonchev–Trinajstić information content (AvgIpc) is 2.22. The lowest BCUT2D eigenvalue weighted by atomic mass is 10.0. The fourth-order valence-corrected chi connectivity index (χ4v) is 1.65. The zero-order valence-electron chi connectivity index (χ0n) is 9.29. The third kappa shape index (κ3) is 3.49. The number of hydrogen-bond donors (Lipinski definition) is 1. The van der Waals surface area contributed by atoms with Crippen LogP contribution in [0.2, 0.25) is 5.02 Å². The molecule has 1 aromatic carbocycles. The van der Waals surface area contributed by atoms with Crippen LogP contribution in [0.5, 0.6) is 0 Å². The van der Waals surface area contributed by atoms with E-state index in [0.717, 1.165) is 29.2 Å². The van der Waals surface area contributed by atoms with Gasteiger partial charge in [0.25, 0.3) is 0 Å². The molecular weight excluding hydrogens is 210 g/mol. The maximum absolute atomic E-state index is 6.02. The Hall–Kier alpha value is -0.570. The molecule has 0 bridgehead atoms. The molecule has 0 aromatic heterocycles. The Morgan fingerprint density at radius 2 is 2.20 bits per heavy atom. The molecular formula is C12H18ClNO. The van der Waals surface area contributed by atoms with E-state index in [1.54, 1.807) is 0 Å². The molecule has 1 atom stereocenters. The first-order valence-corrected chi connectivity index (χ1v) is 5.63. The first-order valence-electron chi connectivity index (χ1n) is 5.25. The smallest absolute Gasteiger partial charge is 0.0659 e. The molecule has 0 fully saturated rings. The molecule has 0 radical (unpaired) electrons. The molecule has 0 saturated carbocycles. The van der Waals surface area contributed by atoms with Gasteiger partial charge in [-0.15, -0.1) is 0 Å². The second kappa shape index (κ2) is 6.11. The highest BCUT2D eigenvalue weighted by atomic mass is 35.5. The predicted octanol–water partition coefficient (Wildman–Crippen LogP) is 3.07. The number of ether oxygens (including phenoxy) is 1. The van der Waals surface area contributed by atoms with Gasteiger partial charge in [0.2, 0.25) is 0 Å². The Balaban J connectivity index is 2.65. The minimum absolute atomic E-state index is 0.0877. The lowest BCUT2D eigenvalue weighted by molar-refractivity contribution is 0.121. The quantitative estimate of drug-likeness (QED) is 0.785. The standard InChI is InChI=1S/C12H18ClNO/c1-3-7-15-8-12(14)10-5-4-6-11(13)9(10)2/h4-6,12H,3,7-8,14H2,1-2H3. The second-order valence-electron chi connectivity index (χ2n) is 3.64. The molecule has 0 saturated heterocycles. The van der Waals surface area contributed by atoms with E-state index < -0.39 is 0 Å². The van der Waals surface area contributed by atoms with Gasteiger partial charge in [-0.2, -0.15) is 0 Å². The van der Waals surface area contributed by atoms with Crippen LogP contribution in [0.25, 0.3) is 0 Å². The molecule has 0 amide bonds. The summed E-state index contributed by atoms with van der Waals surface area (Å²) in [5, 5.41) is 0.762. The van der Waals surface area contributed by atoms with Gasteiger partial charge in [-0.3, -0.25) is 0 Å². The van der Waals surface area contributed by atoms with Crippen LogP contribution in [0.1, 0.15) is 30.5 Å². The van der Waals surface area contributed by atoms with E-state index in [1.807, 2.05) is 25.1 Å². The van der Waals surface area contributed by atoms with Crippen molar-refractivity contribution in [2.45, 2.75) is 26.3 Å². The van der Waals surface area contributed by atoms with Gasteiger partial charge in [-0.25, -0.2) is 0 Å². The summed E-state index contributed by atoms with van der Waals surface area (Å²) in [6, 6.07) is 5.71. The molecule has 15 heavy (non-hydrogen) atoms. The Kier molecular flexibility index (Phi) is 5.09. The van der Waals surface area contributed by atoms with Crippen molar-refractivity contribution in [3.8, 4) is 0 Å². The van der Waals surface area contributed by atoms with Crippen LogP contribution in [-0.2, 0) is 4.74 Å². The van der Waals surface area contributed by atoms with Gasteiger partial charge in [-0.05, 0) is 30.5 Å². The summed E-state index contributed by atoms with van der Waals surface area (Å²) in [5.74, 6) is 0. The molecule has 3 heteroatoms. The molecule has 0 aliphatic carbocycles. The molecule has 0 aliphatic heterocycles. The van der Waals surface area contributed by atoms with Crippen molar-refractivity contribution in [3.05, 3.63) is 34.3 Å².